The molecule has 0 fully saturated rings. The van der Waals surface area contributed by atoms with Crippen molar-refractivity contribution >= 4 is 18.2 Å². The molecule has 0 aliphatic heterocycles. The van der Waals surface area contributed by atoms with Crippen molar-refractivity contribution < 1.29 is 4.79 Å². The summed E-state index contributed by atoms with van der Waals surface area (Å²) in [7, 11) is 2.04. The first-order valence-corrected chi connectivity index (χ1v) is 4.90. The number of hydrogen-bond donors (Lipinski definition) is 0. The summed E-state index contributed by atoms with van der Waals surface area (Å²) in [4.78, 5) is 12.9. The van der Waals surface area contributed by atoms with Gasteiger partial charge in [-0.15, -0.1) is 12.4 Å². The van der Waals surface area contributed by atoms with Gasteiger partial charge in [0, 0.05) is 19.5 Å². The molecule has 1 rings (SSSR count). The molecule has 0 saturated heterocycles. The molecule has 0 heterocycles. The van der Waals surface area contributed by atoms with Crippen molar-refractivity contribution in [1.29, 1.82) is 0 Å². The molecule has 0 unspecified atom stereocenters. The quantitative estimate of drug-likeness (QED) is 0.771. The first kappa shape index (κ1) is 14.1. The SMILES string of the molecule is CC(=O)CCN(C)Cc1ccccc1.Cl. The molecule has 0 amide bonds. The van der Waals surface area contributed by atoms with Crippen LogP contribution in [-0.4, -0.2) is 24.3 Å². The van der Waals surface area contributed by atoms with E-state index in [9.17, 15) is 4.79 Å². The van der Waals surface area contributed by atoms with Crippen LogP contribution in [-0.2, 0) is 11.3 Å². The molecule has 0 aliphatic carbocycles. The number of halogens is 1. The molecule has 0 atom stereocenters. The molecule has 3 heteroatoms. The van der Waals surface area contributed by atoms with Gasteiger partial charge < -0.3 is 4.90 Å². The van der Waals surface area contributed by atoms with Crippen LogP contribution in [0.3, 0.4) is 0 Å². The van der Waals surface area contributed by atoms with Crippen LogP contribution >= 0.6 is 12.4 Å². The normalized spacial score (nSPS) is 9.80. The minimum absolute atomic E-state index is 0. The third-order valence-corrected chi connectivity index (χ3v) is 2.14. The number of Topliss-reactive ketones (excluding diaryl/α,β-unsaturated/α-hetero) is 1. The summed E-state index contributed by atoms with van der Waals surface area (Å²) in [6, 6.07) is 10.3. The van der Waals surface area contributed by atoms with E-state index >= 15 is 0 Å². The molecular weight excluding hydrogens is 210 g/mol. The van der Waals surface area contributed by atoms with Crippen LogP contribution < -0.4 is 0 Å². The zero-order chi connectivity index (χ0) is 10.4. The number of hydrogen-bond acceptors (Lipinski definition) is 2. The van der Waals surface area contributed by atoms with Crippen molar-refractivity contribution in [3.8, 4) is 0 Å². The van der Waals surface area contributed by atoms with Crippen LogP contribution in [0.4, 0.5) is 0 Å². The summed E-state index contributed by atoms with van der Waals surface area (Å²) in [5.74, 6) is 0.255. The molecule has 2 nitrogen and oxygen atoms in total. The summed E-state index contributed by atoms with van der Waals surface area (Å²) in [5.41, 5.74) is 1.29. The zero-order valence-electron chi connectivity index (χ0n) is 9.27. The lowest BCUT2D eigenvalue weighted by Gasteiger charge is -2.15. The number of nitrogens with zero attached hydrogens (tertiary/aromatic N) is 1. The highest BCUT2D eigenvalue weighted by Crippen LogP contribution is 2.02. The molecule has 0 aromatic heterocycles. The Hall–Kier alpha value is -0.860. The minimum atomic E-state index is 0. The lowest BCUT2D eigenvalue weighted by Crippen LogP contribution is -2.20. The Morgan fingerprint density at radius 3 is 2.40 bits per heavy atom. The van der Waals surface area contributed by atoms with E-state index in [-0.39, 0.29) is 18.2 Å². The van der Waals surface area contributed by atoms with E-state index in [4.69, 9.17) is 0 Å². The highest BCUT2D eigenvalue weighted by molar-refractivity contribution is 5.85. The van der Waals surface area contributed by atoms with E-state index in [1.807, 2.05) is 25.2 Å². The predicted molar refractivity (Wildman–Crippen MR) is 65.3 cm³/mol. The van der Waals surface area contributed by atoms with Crippen molar-refractivity contribution in [2.45, 2.75) is 19.9 Å². The highest BCUT2D eigenvalue weighted by atomic mass is 35.5. The molecule has 0 bridgehead atoms. The van der Waals surface area contributed by atoms with E-state index in [2.05, 4.69) is 17.0 Å². The van der Waals surface area contributed by atoms with Gasteiger partial charge in [0.05, 0.1) is 0 Å². The Bertz CT molecular complexity index is 287. The van der Waals surface area contributed by atoms with Gasteiger partial charge in [-0.25, -0.2) is 0 Å². The molecule has 84 valence electrons. The van der Waals surface area contributed by atoms with Crippen molar-refractivity contribution in [2.24, 2.45) is 0 Å². The molecule has 0 radical (unpaired) electrons. The Balaban J connectivity index is 0.00000196. The maximum absolute atomic E-state index is 10.8. The maximum Gasteiger partial charge on any atom is 0.131 e. The molecule has 1 aromatic rings. The minimum Gasteiger partial charge on any atom is -0.302 e. The Kier molecular flexibility index (Phi) is 7.01. The van der Waals surface area contributed by atoms with Crippen LogP contribution in [0.25, 0.3) is 0 Å². The van der Waals surface area contributed by atoms with Gasteiger partial charge in [0.15, 0.2) is 0 Å². The van der Waals surface area contributed by atoms with Crippen LogP contribution in [0.5, 0.6) is 0 Å². The summed E-state index contributed by atoms with van der Waals surface area (Å²) in [6.07, 6.45) is 0.642. The number of rotatable bonds is 5. The van der Waals surface area contributed by atoms with Crippen LogP contribution in [0.1, 0.15) is 18.9 Å². The summed E-state index contributed by atoms with van der Waals surface area (Å²) in [5, 5.41) is 0. The first-order valence-electron chi connectivity index (χ1n) is 4.90. The number of carbonyl (C=O) groups excluding carboxylic acids is 1. The molecule has 0 N–H and O–H groups in total. The lowest BCUT2D eigenvalue weighted by atomic mass is 10.2. The molecule has 0 aliphatic rings. The second-order valence-corrected chi connectivity index (χ2v) is 3.68. The lowest BCUT2D eigenvalue weighted by molar-refractivity contribution is -0.117. The van der Waals surface area contributed by atoms with Crippen LogP contribution in [0.2, 0.25) is 0 Å². The largest absolute Gasteiger partial charge is 0.302 e. The molecule has 15 heavy (non-hydrogen) atoms. The summed E-state index contributed by atoms with van der Waals surface area (Å²) >= 11 is 0. The van der Waals surface area contributed by atoms with Crippen molar-refractivity contribution in [1.82, 2.24) is 4.90 Å². The number of ketones is 1. The van der Waals surface area contributed by atoms with Gasteiger partial charge in [-0.05, 0) is 19.5 Å². The van der Waals surface area contributed by atoms with Gasteiger partial charge in [-0.2, -0.15) is 0 Å². The van der Waals surface area contributed by atoms with Gasteiger partial charge in [0.2, 0.25) is 0 Å². The van der Waals surface area contributed by atoms with Gasteiger partial charge in [-0.1, -0.05) is 30.3 Å². The monoisotopic (exact) mass is 227 g/mol. The van der Waals surface area contributed by atoms with Crippen LogP contribution in [0.15, 0.2) is 30.3 Å². The molecular formula is C12H18ClNO. The smallest absolute Gasteiger partial charge is 0.131 e. The van der Waals surface area contributed by atoms with E-state index in [0.29, 0.717) is 6.42 Å². The Morgan fingerprint density at radius 2 is 1.87 bits per heavy atom. The first-order chi connectivity index (χ1) is 6.68. The van der Waals surface area contributed by atoms with E-state index in [1.54, 1.807) is 6.92 Å². The van der Waals surface area contributed by atoms with E-state index < -0.39 is 0 Å². The fraction of sp³-hybridized carbons (Fsp3) is 0.417. The molecule has 1 aromatic carbocycles. The predicted octanol–water partition coefficient (Wildman–Crippen LogP) is 2.52. The van der Waals surface area contributed by atoms with Crippen LogP contribution in [0, 0.1) is 0 Å². The molecule has 0 spiro atoms. The topological polar surface area (TPSA) is 20.3 Å². The van der Waals surface area contributed by atoms with Crippen molar-refractivity contribution in [3.05, 3.63) is 35.9 Å². The second-order valence-electron chi connectivity index (χ2n) is 3.68. The Morgan fingerprint density at radius 1 is 1.27 bits per heavy atom. The summed E-state index contributed by atoms with van der Waals surface area (Å²) in [6.45, 7) is 3.38. The van der Waals surface area contributed by atoms with Gasteiger partial charge in [0.1, 0.15) is 5.78 Å². The maximum atomic E-state index is 10.8. The molecule has 0 saturated carbocycles. The van der Waals surface area contributed by atoms with E-state index in [0.717, 1.165) is 13.1 Å². The number of benzene rings is 1. The fourth-order valence-electron chi connectivity index (χ4n) is 1.32. The summed E-state index contributed by atoms with van der Waals surface area (Å²) < 4.78 is 0. The van der Waals surface area contributed by atoms with Gasteiger partial charge >= 0.3 is 0 Å². The van der Waals surface area contributed by atoms with Crippen molar-refractivity contribution in [3.63, 3.8) is 0 Å². The van der Waals surface area contributed by atoms with E-state index in [1.165, 1.54) is 5.56 Å². The average Bonchev–Trinajstić information content (AvgIpc) is 2.16. The number of carbonyl (C=O) groups is 1. The zero-order valence-corrected chi connectivity index (χ0v) is 10.1. The average molecular weight is 228 g/mol. The third kappa shape index (κ3) is 6.26. The second kappa shape index (κ2) is 7.43. The van der Waals surface area contributed by atoms with Gasteiger partial charge in [-0.3, -0.25) is 4.79 Å². The standard InChI is InChI=1S/C12H17NO.ClH/c1-11(14)8-9-13(2)10-12-6-4-3-5-7-12;/h3-7H,8-10H2,1-2H3;1H. The van der Waals surface area contributed by atoms with Gasteiger partial charge in [0.25, 0.3) is 0 Å². The Labute approximate surface area is 97.7 Å². The third-order valence-electron chi connectivity index (χ3n) is 2.14. The fourth-order valence-corrected chi connectivity index (χ4v) is 1.32. The van der Waals surface area contributed by atoms with Crippen molar-refractivity contribution in [2.75, 3.05) is 13.6 Å². The highest BCUT2D eigenvalue weighted by Gasteiger charge is 2.00.